The Bertz CT molecular complexity index is 237. The fourth-order valence-corrected chi connectivity index (χ4v) is 2.43. The molecule has 1 atom stereocenters. The number of likely N-dealkylation sites (tertiary alicyclic amines) is 1. The number of nitrogens with two attached hydrogens (primary N) is 1. The zero-order chi connectivity index (χ0) is 10.7. The first-order valence-corrected chi connectivity index (χ1v) is 5.59. The van der Waals surface area contributed by atoms with Crippen molar-refractivity contribution in [1.29, 1.82) is 0 Å². The molecule has 2 rings (SSSR count). The van der Waals surface area contributed by atoms with E-state index in [1.54, 1.807) is 4.90 Å². The number of amides is 2. The average Bonchev–Trinajstić information content (AvgIpc) is 2.44. The largest absolute Gasteiger partial charge is 0.379 e. The lowest BCUT2D eigenvalue weighted by Crippen LogP contribution is -2.60. The maximum Gasteiger partial charge on any atom is 0.314 e. The smallest absolute Gasteiger partial charge is 0.314 e. The van der Waals surface area contributed by atoms with Crippen LogP contribution in [0.5, 0.6) is 0 Å². The van der Waals surface area contributed by atoms with Crippen LogP contribution in [0.15, 0.2) is 0 Å². The lowest BCUT2D eigenvalue weighted by molar-refractivity contribution is 0.0530. The van der Waals surface area contributed by atoms with E-state index in [0.29, 0.717) is 13.2 Å². The summed E-state index contributed by atoms with van der Waals surface area (Å²) in [5.41, 5.74) is 5.26. The van der Waals surface area contributed by atoms with Crippen LogP contribution in [-0.2, 0) is 4.74 Å². The molecule has 0 aromatic carbocycles. The molecule has 2 heterocycles. The monoisotopic (exact) mass is 213 g/mol. The quantitative estimate of drug-likeness (QED) is 0.591. The van der Waals surface area contributed by atoms with Crippen LogP contribution in [0.3, 0.4) is 0 Å². The minimum Gasteiger partial charge on any atom is -0.379 e. The number of rotatable bonds is 0. The Morgan fingerprint density at radius 3 is 3.13 bits per heavy atom. The summed E-state index contributed by atoms with van der Waals surface area (Å²) >= 11 is 0. The van der Waals surface area contributed by atoms with Crippen LogP contribution in [0.4, 0.5) is 4.79 Å². The second kappa shape index (κ2) is 4.37. The molecule has 2 amide bonds. The third-order valence-corrected chi connectivity index (χ3v) is 3.23. The second-order valence-electron chi connectivity index (χ2n) is 4.48. The van der Waals surface area contributed by atoms with E-state index in [2.05, 4.69) is 5.32 Å². The number of urea groups is 1. The van der Waals surface area contributed by atoms with Gasteiger partial charge < -0.3 is 20.7 Å². The van der Waals surface area contributed by atoms with E-state index in [1.807, 2.05) is 0 Å². The average molecular weight is 213 g/mol. The van der Waals surface area contributed by atoms with E-state index in [0.717, 1.165) is 39.0 Å². The predicted octanol–water partition coefficient (Wildman–Crippen LogP) is -0.0904. The van der Waals surface area contributed by atoms with Gasteiger partial charge in [0.1, 0.15) is 0 Å². The zero-order valence-corrected chi connectivity index (χ0v) is 9.00. The Kier molecular flexibility index (Phi) is 3.11. The molecular weight excluding hydrogens is 194 g/mol. The van der Waals surface area contributed by atoms with Gasteiger partial charge in [0.15, 0.2) is 0 Å². The third kappa shape index (κ3) is 2.41. The van der Waals surface area contributed by atoms with E-state index in [9.17, 15) is 4.79 Å². The van der Waals surface area contributed by atoms with Gasteiger partial charge >= 0.3 is 6.03 Å². The van der Waals surface area contributed by atoms with Gasteiger partial charge in [-0.3, -0.25) is 0 Å². The number of hydrogen-bond donors (Lipinski definition) is 2. The number of primary amides is 1. The molecule has 3 N–H and O–H groups in total. The molecule has 2 fully saturated rings. The first kappa shape index (κ1) is 10.7. The summed E-state index contributed by atoms with van der Waals surface area (Å²) in [6.45, 7) is 3.93. The van der Waals surface area contributed by atoms with E-state index in [-0.39, 0.29) is 11.6 Å². The lowest BCUT2D eigenvalue weighted by atomic mass is 9.90. The highest BCUT2D eigenvalue weighted by molar-refractivity contribution is 5.72. The van der Waals surface area contributed by atoms with Crippen molar-refractivity contribution in [2.75, 3.05) is 32.8 Å². The van der Waals surface area contributed by atoms with Crippen LogP contribution >= 0.6 is 0 Å². The van der Waals surface area contributed by atoms with Gasteiger partial charge in [-0.1, -0.05) is 0 Å². The summed E-state index contributed by atoms with van der Waals surface area (Å²) in [4.78, 5) is 12.9. The molecule has 2 aliphatic heterocycles. The van der Waals surface area contributed by atoms with Crippen molar-refractivity contribution in [2.45, 2.75) is 24.8 Å². The molecule has 0 aromatic rings. The number of nitrogens with one attached hydrogen (secondary N) is 1. The summed E-state index contributed by atoms with van der Waals surface area (Å²) in [6.07, 6.45) is 3.11. The SMILES string of the molecule is NC(=O)N1CCCC2(COCCCN2)C1. The number of piperidine rings is 1. The molecule has 5 nitrogen and oxygen atoms in total. The predicted molar refractivity (Wildman–Crippen MR) is 56.6 cm³/mol. The van der Waals surface area contributed by atoms with Crippen molar-refractivity contribution in [1.82, 2.24) is 10.2 Å². The fraction of sp³-hybridized carbons (Fsp3) is 0.900. The Balaban J connectivity index is 2.02. The molecule has 0 saturated carbocycles. The molecule has 2 aliphatic rings. The second-order valence-corrected chi connectivity index (χ2v) is 4.48. The molecule has 1 unspecified atom stereocenters. The van der Waals surface area contributed by atoms with Crippen LogP contribution in [-0.4, -0.2) is 49.3 Å². The van der Waals surface area contributed by atoms with E-state index in [1.165, 1.54) is 0 Å². The van der Waals surface area contributed by atoms with Crippen LogP contribution < -0.4 is 11.1 Å². The van der Waals surface area contributed by atoms with Gasteiger partial charge in [-0.25, -0.2) is 4.79 Å². The summed E-state index contributed by atoms with van der Waals surface area (Å²) in [5.74, 6) is 0. The van der Waals surface area contributed by atoms with Gasteiger partial charge in [0.2, 0.25) is 0 Å². The molecule has 1 spiro atoms. The molecular formula is C10H19N3O2. The summed E-state index contributed by atoms with van der Waals surface area (Å²) < 4.78 is 5.57. The Hall–Kier alpha value is -0.810. The van der Waals surface area contributed by atoms with Crippen LogP contribution in [0.1, 0.15) is 19.3 Å². The Labute approximate surface area is 89.9 Å². The summed E-state index contributed by atoms with van der Waals surface area (Å²) in [5, 5.41) is 3.51. The minimum absolute atomic E-state index is 0.0518. The number of carbonyl (C=O) groups is 1. The van der Waals surface area contributed by atoms with E-state index in [4.69, 9.17) is 10.5 Å². The van der Waals surface area contributed by atoms with Crippen LogP contribution in [0.25, 0.3) is 0 Å². The molecule has 5 heteroatoms. The molecule has 2 saturated heterocycles. The van der Waals surface area contributed by atoms with Gasteiger partial charge in [0.25, 0.3) is 0 Å². The lowest BCUT2D eigenvalue weighted by Gasteiger charge is -2.41. The Morgan fingerprint density at radius 2 is 2.33 bits per heavy atom. The van der Waals surface area contributed by atoms with Crippen molar-refractivity contribution >= 4 is 6.03 Å². The van der Waals surface area contributed by atoms with Crippen molar-refractivity contribution in [3.63, 3.8) is 0 Å². The van der Waals surface area contributed by atoms with Gasteiger partial charge in [-0.15, -0.1) is 0 Å². The van der Waals surface area contributed by atoms with Crippen LogP contribution in [0.2, 0.25) is 0 Å². The molecule has 0 bridgehead atoms. The highest BCUT2D eigenvalue weighted by Gasteiger charge is 2.37. The van der Waals surface area contributed by atoms with Gasteiger partial charge in [-0.2, -0.15) is 0 Å². The highest BCUT2D eigenvalue weighted by atomic mass is 16.5. The maximum absolute atomic E-state index is 11.1. The first-order valence-electron chi connectivity index (χ1n) is 5.59. The number of nitrogens with zero attached hydrogens (tertiary/aromatic N) is 1. The zero-order valence-electron chi connectivity index (χ0n) is 9.00. The standard InChI is InChI=1S/C10H19N3O2/c11-9(14)13-5-1-3-10(7-13)8-15-6-2-4-12-10/h12H,1-8H2,(H2,11,14). The van der Waals surface area contributed by atoms with Crippen LogP contribution in [0, 0.1) is 0 Å². The fourth-order valence-electron chi connectivity index (χ4n) is 2.43. The third-order valence-electron chi connectivity index (χ3n) is 3.23. The highest BCUT2D eigenvalue weighted by Crippen LogP contribution is 2.23. The minimum atomic E-state index is -0.319. The summed E-state index contributed by atoms with van der Waals surface area (Å²) in [6, 6.07) is -0.319. The molecule has 0 aromatic heterocycles. The topological polar surface area (TPSA) is 67.6 Å². The molecule has 0 aliphatic carbocycles. The van der Waals surface area contributed by atoms with Gasteiger partial charge in [0.05, 0.1) is 12.1 Å². The summed E-state index contributed by atoms with van der Waals surface area (Å²) in [7, 11) is 0. The first-order chi connectivity index (χ1) is 7.22. The molecule has 86 valence electrons. The number of carbonyl (C=O) groups excluding carboxylic acids is 1. The van der Waals surface area contributed by atoms with Gasteiger partial charge in [0, 0.05) is 19.7 Å². The number of ether oxygens (including phenoxy) is 1. The van der Waals surface area contributed by atoms with Crippen molar-refractivity contribution in [2.24, 2.45) is 5.73 Å². The Morgan fingerprint density at radius 1 is 1.47 bits per heavy atom. The van der Waals surface area contributed by atoms with Crippen molar-refractivity contribution < 1.29 is 9.53 Å². The van der Waals surface area contributed by atoms with E-state index < -0.39 is 0 Å². The maximum atomic E-state index is 11.1. The normalized spacial score (nSPS) is 32.7. The molecule has 15 heavy (non-hydrogen) atoms. The van der Waals surface area contributed by atoms with Gasteiger partial charge in [-0.05, 0) is 25.8 Å². The van der Waals surface area contributed by atoms with Crippen molar-refractivity contribution in [3.05, 3.63) is 0 Å². The van der Waals surface area contributed by atoms with E-state index >= 15 is 0 Å². The molecule has 0 radical (unpaired) electrons. The van der Waals surface area contributed by atoms with Crippen molar-refractivity contribution in [3.8, 4) is 0 Å². The number of hydrogen-bond acceptors (Lipinski definition) is 3.